The molecule has 0 aliphatic carbocycles. The van der Waals surface area contributed by atoms with E-state index in [4.69, 9.17) is 4.98 Å². The van der Waals surface area contributed by atoms with E-state index in [-0.39, 0.29) is 0 Å². The van der Waals surface area contributed by atoms with Crippen LogP contribution in [0.2, 0.25) is 0 Å². The van der Waals surface area contributed by atoms with Crippen LogP contribution in [0.4, 0.5) is 0 Å². The fourth-order valence-electron chi connectivity index (χ4n) is 2.34. The molecule has 0 aliphatic heterocycles. The van der Waals surface area contributed by atoms with Crippen molar-refractivity contribution < 1.29 is 0 Å². The summed E-state index contributed by atoms with van der Waals surface area (Å²) in [4.78, 5) is 4.75. The molecule has 3 aromatic rings. The molecule has 0 unspecified atom stereocenters. The summed E-state index contributed by atoms with van der Waals surface area (Å²) in [6.07, 6.45) is 0. The van der Waals surface area contributed by atoms with E-state index in [1.807, 2.05) is 24.3 Å². The average molecular weight is 380 g/mol. The van der Waals surface area contributed by atoms with Crippen LogP contribution in [0.25, 0.3) is 16.9 Å². The second-order valence-corrected chi connectivity index (χ2v) is 6.29. The molecule has 96 valence electrons. The summed E-state index contributed by atoms with van der Waals surface area (Å²) in [6.45, 7) is 4.20. The van der Waals surface area contributed by atoms with Crippen molar-refractivity contribution in [2.75, 3.05) is 0 Å². The molecule has 0 amide bonds. The van der Waals surface area contributed by atoms with Crippen LogP contribution in [0, 0.1) is 13.8 Å². The Hall–Kier alpha value is -1.13. The molecular weight excluding hydrogens is 368 g/mol. The summed E-state index contributed by atoms with van der Waals surface area (Å²) < 4.78 is 4.35. The highest BCUT2D eigenvalue weighted by molar-refractivity contribution is 9.10. The van der Waals surface area contributed by atoms with Gasteiger partial charge >= 0.3 is 0 Å². The number of hydrogen-bond donors (Lipinski definition) is 0. The Bertz CT molecular complexity index is 775. The third-order valence-corrected chi connectivity index (χ3v) is 4.62. The molecule has 0 N–H and O–H groups in total. The average Bonchev–Trinajstić information content (AvgIpc) is 2.72. The molecule has 3 rings (SSSR count). The van der Waals surface area contributed by atoms with Gasteiger partial charge in [0.05, 0.1) is 5.69 Å². The van der Waals surface area contributed by atoms with Gasteiger partial charge < -0.3 is 0 Å². The van der Waals surface area contributed by atoms with Gasteiger partial charge in [0.2, 0.25) is 0 Å². The zero-order valence-electron chi connectivity index (χ0n) is 10.6. The Balaban J connectivity index is 2.32. The van der Waals surface area contributed by atoms with Gasteiger partial charge in [-0.1, -0.05) is 28.1 Å². The SMILES string of the molecule is Cc1c(Br)ccc2nc(-c3cccc(Br)c3)c(C)n12. The lowest BCUT2D eigenvalue weighted by molar-refractivity contribution is 1.03. The molecule has 0 saturated heterocycles. The first-order chi connectivity index (χ1) is 9.08. The van der Waals surface area contributed by atoms with Crippen LogP contribution in [0.1, 0.15) is 11.4 Å². The van der Waals surface area contributed by atoms with E-state index in [0.717, 1.165) is 31.5 Å². The largest absolute Gasteiger partial charge is 0.300 e. The molecule has 2 heterocycles. The highest BCUT2D eigenvalue weighted by atomic mass is 79.9. The fraction of sp³-hybridized carbons (Fsp3) is 0.133. The standard InChI is InChI=1S/C15H12Br2N2/c1-9-13(17)6-7-14-18-15(10(2)19(9)14)11-4-3-5-12(16)8-11/h3-8H,1-2H3. The van der Waals surface area contributed by atoms with Gasteiger partial charge in [-0.15, -0.1) is 0 Å². The Kier molecular flexibility index (Phi) is 3.23. The molecule has 4 heteroatoms. The Morgan fingerprint density at radius 3 is 2.53 bits per heavy atom. The maximum absolute atomic E-state index is 4.75. The second-order valence-electron chi connectivity index (χ2n) is 4.52. The van der Waals surface area contributed by atoms with Crippen LogP contribution < -0.4 is 0 Å². The van der Waals surface area contributed by atoms with Crippen molar-refractivity contribution in [1.82, 2.24) is 9.38 Å². The minimum atomic E-state index is 0.980. The molecule has 0 fully saturated rings. The maximum atomic E-state index is 4.75. The third kappa shape index (κ3) is 2.13. The molecule has 0 saturated carbocycles. The van der Waals surface area contributed by atoms with Crippen molar-refractivity contribution in [2.24, 2.45) is 0 Å². The van der Waals surface area contributed by atoms with Gasteiger partial charge in [0.1, 0.15) is 5.65 Å². The number of rotatable bonds is 1. The highest BCUT2D eigenvalue weighted by Gasteiger charge is 2.13. The lowest BCUT2D eigenvalue weighted by Crippen LogP contribution is -1.94. The van der Waals surface area contributed by atoms with Gasteiger partial charge in [-0.3, -0.25) is 4.40 Å². The molecule has 0 radical (unpaired) electrons. The predicted octanol–water partition coefficient (Wildman–Crippen LogP) is 5.14. The van der Waals surface area contributed by atoms with Gasteiger partial charge in [0, 0.05) is 25.9 Å². The number of aryl methyl sites for hydroxylation is 2. The maximum Gasteiger partial charge on any atom is 0.137 e. The number of halogens is 2. The summed E-state index contributed by atoms with van der Waals surface area (Å²) in [5.74, 6) is 0. The number of imidazole rings is 1. The van der Waals surface area contributed by atoms with E-state index >= 15 is 0 Å². The lowest BCUT2D eigenvalue weighted by Gasteiger charge is -2.05. The normalized spacial score (nSPS) is 11.2. The number of fused-ring (bicyclic) bond motifs is 1. The molecule has 2 nitrogen and oxygen atoms in total. The molecule has 19 heavy (non-hydrogen) atoms. The topological polar surface area (TPSA) is 17.3 Å². The highest BCUT2D eigenvalue weighted by Crippen LogP contribution is 2.28. The van der Waals surface area contributed by atoms with Crippen molar-refractivity contribution in [3.63, 3.8) is 0 Å². The van der Waals surface area contributed by atoms with E-state index in [1.165, 1.54) is 5.69 Å². The first-order valence-electron chi connectivity index (χ1n) is 5.98. The molecule has 0 aliphatic rings. The van der Waals surface area contributed by atoms with Crippen LogP contribution in [0.3, 0.4) is 0 Å². The Morgan fingerprint density at radius 2 is 1.79 bits per heavy atom. The lowest BCUT2D eigenvalue weighted by atomic mass is 10.1. The Labute approximate surface area is 128 Å². The number of aromatic nitrogens is 2. The number of benzene rings is 1. The molecule has 0 spiro atoms. The number of pyridine rings is 1. The van der Waals surface area contributed by atoms with E-state index in [9.17, 15) is 0 Å². The van der Waals surface area contributed by atoms with Crippen molar-refractivity contribution in [1.29, 1.82) is 0 Å². The minimum absolute atomic E-state index is 0.980. The predicted molar refractivity (Wildman–Crippen MR) is 85.5 cm³/mol. The summed E-state index contributed by atoms with van der Waals surface area (Å²) in [5.41, 5.74) is 5.47. The summed E-state index contributed by atoms with van der Waals surface area (Å²) in [5, 5.41) is 0. The fourth-order valence-corrected chi connectivity index (χ4v) is 3.05. The molecule has 0 atom stereocenters. The zero-order chi connectivity index (χ0) is 13.6. The van der Waals surface area contributed by atoms with E-state index in [2.05, 4.69) is 62.2 Å². The number of hydrogen-bond acceptors (Lipinski definition) is 1. The molecule has 1 aromatic carbocycles. The van der Waals surface area contributed by atoms with Crippen LogP contribution in [-0.2, 0) is 0 Å². The number of nitrogens with zero attached hydrogens (tertiary/aromatic N) is 2. The Morgan fingerprint density at radius 1 is 1.00 bits per heavy atom. The van der Waals surface area contributed by atoms with E-state index < -0.39 is 0 Å². The minimum Gasteiger partial charge on any atom is -0.300 e. The smallest absolute Gasteiger partial charge is 0.137 e. The zero-order valence-corrected chi connectivity index (χ0v) is 13.8. The van der Waals surface area contributed by atoms with Gasteiger partial charge in [-0.05, 0) is 54.0 Å². The molecule has 2 aromatic heterocycles. The van der Waals surface area contributed by atoms with Gasteiger partial charge in [0.25, 0.3) is 0 Å². The monoisotopic (exact) mass is 378 g/mol. The van der Waals surface area contributed by atoms with Crippen LogP contribution >= 0.6 is 31.9 Å². The van der Waals surface area contributed by atoms with Gasteiger partial charge in [-0.2, -0.15) is 0 Å². The van der Waals surface area contributed by atoms with Crippen molar-refractivity contribution >= 4 is 37.5 Å². The third-order valence-electron chi connectivity index (χ3n) is 3.29. The van der Waals surface area contributed by atoms with Crippen LogP contribution in [0.15, 0.2) is 45.3 Å². The quantitative estimate of drug-likeness (QED) is 0.571. The van der Waals surface area contributed by atoms with Crippen molar-refractivity contribution in [3.8, 4) is 11.3 Å². The van der Waals surface area contributed by atoms with Crippen LogP contribution in [-0.4, -0.2) is 9.38 Å². The first kappa shape index (κ1) is 12.9. The van der Waals surface area contributed by atoms with Crippen molar-refractivity contribution in [3.05, 3.63) is 56.7 Å². The first-order valence-corrected chi connectivity index (χ1v) is 7.56. The van der Waals surface area contributed by atoms with Gasteiger partial charge in [-0.25, -0.2) is 4.98 Å². The van der Waals surface area contributed by atoms with Gasteiger partial charge in [0.15, 0.2) is 0 Å². The van der Waals surface area contributed by atoms with Crippen molar-refractivity contribution in [2.45, 2.75) is 13.8 Å². The summed E-state index contributed by atoms with van der Waals surface area (Å²) >= 11 is 7.08. The summed E-state index contributed by atoms with van der Waals surface area (Å²) in [7, 11) is 0. The molecular formula is C15H12Br2N2. The second kappa shape index (κ2) is 4.76. The summed E-state index contributed by atoms with van der Waals surface area (Å²) in [6, 6.07) is 12.3. The van der Waals surface area contributed by atoms with E-state index in [1.54, 1.807) is 0 Å². The van der Waals surface area contributed by atoms with E-state index in [0.29, 0.717) is 0 Å². The molecule has 0 bridgehead atoms. The van der Waals surface area contributed by atoms with Crippen LogP contribution in [0.5, 0.6) is 0 Å².